The Bertz CT molecular complexity index is 880. The van der Waals surface area contributed by atoms with E-state index in [0.717, 1.165) is 11.3 Å². The number of esters is 1. The number of benzene rings is 2. The van der Waals surface area contributed by atoms with Crippen LogP contribution >= 0.6 is 0 Å². The Hall–Kier alpha value is -3.06. The van der Waals surface area contributed by atoms with E-state index in [-0.39, 0.29) is 29.1 Å². The maximum absolute atomic E-state index is 11.4. The van der Waals surface area contributed by atoms with Crippen molar-refractivity contribution < 1.29 is 14.3 Å². The standard InChI is InChI=1S/C23H23NO3/c1-23(2)20(12-13-21(25)26-3)22(23)19(15-24)16-8-7-11-18(14-16)27-17-9-5-4-6-10-17/h4-14,19-20,22H,1-3H3/b13-12-/t19?,20-,22+/m1/s1. The molecule has 2 aromatic carbocycles. The van der Waals surface area contributed by atoms with Crippen LogP contribution in [0.25, 0.3) is 0 Å². The lowest BCUT2D eigenvalue weighted by Gasteiger charge is -2.13. The van der Waals surface area contributed by atoms with Crippen molar-refractivity contribution in [2.75, 3.05) is 7.11 Å². The van der Waals surface area contributed by atoms with Gasteiger partial charge in [0.25, 0.3) is 0 Å². The predicted molar refractivity (Wildman–Crippen MR) is 103 cm³/mol. The summed E-state index contributed by atoms with van der Waals surface area (Å²) in [7, 11) is 1.36. The SMILES string of the molecule is COC(=O)/C=C\[C@@H]1[C@H](C(C#N)c2cccc(Oc3ccccc3)c2)C1(C)C. The number of para-hydroxylation sites is 1. The van der Waals surface area contributed by atoms with Gasteiger partial charge in [-0.3, -0.25) is 0 Å². The Morgan fingerprint density at radius 2 is 1.85 bits per heavy atom. The number of allylic oxidation sites excluding steroid dienone is 1. The second-order valence-corrected chi connectivity index (χ2v) is 7.35. The van der Waals surface area contributed by atoms with Gasteiger partial charge in [-0.2, -0.15) is 5.26 Å². The summed E-state index contributed by atoms with van der Waals surface area (Å²) in [4.78, 5) is 11.4. The summed E-state index contributed by atoms with van der Waals surface area (Å²) in [5, 5.41) is 9.84. The molecule has 1 aliphatic carbocycles. The average molecular weight is 361 g/mol. The van der Waals surface area contributed by atoms with Crippen LogP contribution in [0.15, 0.2) is 66.7 Å². The minimum absolute atomic E-state index is 0.0544. The van der Waals surface area contributed by atoms with E-state index in [4.69, 9.17) is 4.74 Å². The lowest BCUT2D eigenvalue weighted by atomic mass is 9.91. The molecular formula is C23H23NO3. The number of carbonyl (C=O) groups excluding carboxylic acids is 1. The minimum atomic E-state index is -0.372. The topological polar surface area (TPSA) is 59.3 Å². The van der Waals surface area contributed by atoms with Crippen LogP contribution in [0.1, 0.15) is 25.3 Å². The number of hydrogen-bond acceptors (Lipinski definition) is 4. The van der Waals surface area contributed by atoms with Crippen LogP contribution in [0, 0.1) is 28.6 Å². The maximum Gasteiger partial charge on any atom is 0.330 e. The summed E-state index contributed by atoms with van der Waals surface area (Å²) < 4.78 is 10.6. The summed E-state index contributed by atoms with van der Waals surface area (Å²) >= 11 is 0. The fourth-order valence-electron chi connectivity index (χ4n) is 3.73. The Kier molecular flexibility index (Phi) is 5.32. The highest BCUT2D eigenvalue weighted by Crippen LogP contribution is 2.64. The van der Waals surface area contributed by atoms with Gasteiger partial charge in [-0.1, -0.05) is 50.3 Å². The van der Waals surface area contributed by atoms with Gasteiger partial charge in [0.1, 0.15) is 11.5 Å². The number of rotatable bonds is 6. The molecule has 0 radical (unpaired) electrons. The van der Waals surface area contributed by atoms with Gasteiger partial charge < -0.3 is 9.47 Å². The minimum Gasteiger partial charge on any atom is -0.466 e. The second kappa shape index (κ2) is 7.67. The Labute approximate surface area is 160 Å². The molecule has 1 saturated carbocycles. The van der Waals surface area contributed by atoms with Crippen LogP contribution in [-0.4, -0.2) is 13.1 Å². The zero-order chi connectivity index (χ0) is 19.4. The van der Waals surface area contributed by atoms with E-state index in [0.29, 0.717) is 5.75 Å². The fourth-order valence-corrected chi connectivity index (χ4v) is 3.73. The summed E-state index contributed by atoms with van der Waals surface area (Å²) in [6, 6.07) is 19.7. The number of ether oxygens (including phenoxy) is 2. The maximum atomic E-state index is 11.4. The van der Waals surface area contributed by atoms with E-state index >= 15 is 0 Å². The van der Waals surface area contributed by atoms with E-state index in [1.54, 1.807) is 0 Å². The lowest BCUT2D eigenvalue weighted by molar-refractivity contribution is -0.134. The van der Waals surface area contributed by atoms with E-state index in [9.17, 15) is 10.1 Å². The first-order valence-corrected chi connectivity index (χ1v) is 8.96. The molecule has 1 fully saturated rings. The molecule has 0 bridgehead atoms. The summed E-state index contributed by atoms with van der Waals surface area (Å²) in [6.45, 7) is 4.25. The van der Waals surface area contributed by atoms with Crippen molar-refractivity contribution >= 4 is 5.97 Å². The van der Waals surface area contributed by atoms with E-state index in [2.05, 4.69) is 24.7 Å². The van der Waals surface area contributed by atoms with Crippen molar-refractivity contribution in [3.63, 3.8) is 0 Å². The van der Waals surface area contributed by atoms with Gasteiger partial charge in [-0.25, -0.2) is 4.79 Å². The second-order valence-electron chi connectivity index (χ2n) is 7.35. The predicted octanol–water partition coefficient (Wildman–Crippen LogP) is 5.09. The molecule has 3 atom stereocenters. The van der Waals surface area contributed by atoms with Crippen molar-refractivity contribution in [2.45, 2.75) is 19.8 Å². The highest BCUT2D eigenvalue weighted by atomic mass is 16.5. The van der Waals surface area contributed by atoms with Crippen LogP contribution in [-0.2, 0) is 9.53 Å². The number of hydrogen-bond donors (Lipinski definition) is 0. The van der Waals surface area contributed by atoms with E-state index in [1.807, 2.05) is 60.7 Å². The van der Waals surface area contributed by atoms with Crippen molar-refractivity contribution in [3.05, 3.63) is 72.3 Å². The average Bonchev–Trinajstić information content (AvgIpc) is 3.21. The third-order valence-electron chi connectivity index (χ3n) is 5.33. The van der Waals surface area contributed by atoms with Gasteiger partial charge in [0.15, 0.2) is 0 Å². The van der Waals surface area contributed by atoms with Crippen molar-refractivity contribution in [1.29, 1.82) is 5.26 Å². The van der Waals surface area contributed by atoms with Crippen LogP contribution in [0.5, 0.6) is 11.5 Å². The van der Waals surface area contributed by atoms with Gasteiger partial charge in [0.2, 0.25) is 0 Å². The quantitative estimate of drug-likeness (QED) is 0.531. The first kappa shape index (κ1) is 18.7. The van der Waals surface area contributed by atoms with Crippen LogP contribution in [0.3, 0.4) is 0 Å². The van der Waals surface area contributed by atoms with Gasteiger partial charge in [-0.15, -0.1) is 0 Å². The number of nitrogens with zero attached hydrogens (tertiary/aromatic N) is 1. The van der Waals surface area contributed by atoms with E-state index < -0.39 is 0 Å². The largest absolute Gasteiger partial charge is 0.466 e. The molecule has 0 spiro atoms. The van der Waals surface area contributed by atoms with Gasteiger partial charge in [0.05, 0.1) is 19.1 Å². The molecule has 0 amide bonds. The normalized spacial score (nSPS) is 21.3. The molecule has 138 valence electrons. The molecule has 0 N–H and O–H groups in total. The smallest absolute Gasteiger partial charge is 0.330 e. The van der Waals surface area contributed by atoms with E-state index in [1.165, 1.54) is 13.2 Å². The van der Waals surface area contributed by atoms with Crippen molar-refractivity contribution in [3.8, 4) is 17.6 Å². The highest BCUT2D eigenvalue weighted by Gasteiger charge is 2.59. The van der Waals surface area contributed by atoms with Crippen LogP contribution < -0.4 is 4.74 Å². The van der Waals surface area contributed by atoms with Crippen molar-refractivity contribution in [1.82, 2.24) is 0 Å². The monoisotopic (exact) mass is 361 g/mol. The Balaban J connectivity index is 1.80. The number of methoxy groups -OCH3 is 1. The molecule has 0 aromatic heterocycles. The molecule has 3 rings (SSSR count). The molecule has 0 aliphatic heterocycles. The Morgan fingerprint density at radius 1 is 1.15 bits per heavy atom. The third-order valence-corrected chi connectivity index (χ3v) is 5.33. The fraction of sp³-hybridized carbons (Fsp3) is 0.304. The molecule has 2 aromatic rings. The molecule has 27 heavy (non-hydrogen) atoms. The molecule has 0 heterocycles. The molecule has 1 aliphatic rings. The summed E-state index contributed by atoms with van der Waals surface area (Å²) in [5.41, 5.74) is 0.874. The molecule has 1 unspecified atom stereocenters. The van der Waals surface area contributed by atoms with Crippen LogP contribution in [0.4, 0.5) is 0 Å². The number of nitriles is 1. The summed E-state index contributed by atoms with van der Waals surface area (Å²) in [6.07, 6.45) is 3.32. The zero-order valence-electron chi connectivity index (χ0n) is 15.8. The lowest BCUT2D eigenvalue weighted by Crippen LogP contribution is -2.03. The molecule has 0 saturated heterocycles. The Morgan fingerprint density at radius 3 is 2.52 bits per heavy atom. The van der Waals surface area contributed by atoms with Crippen LogP contribution in [0.2, 0.25) is 0 Å². The highest BCUT2D eigenvalue weighted by molar-refractivity contribution is 5.81. The molecule has 4 heteroatoms. The van der Waals surface area contributed by atoms with Gasteiger partial charge >= 0.3 is 5.97 Å². The molecular weight excluding hydrogens is 338 g/mol. The first-order valence-electron chi connectivity index (χ1n) is 8.96. The summed E-state index contributed by atoms with van der Waals surface area (Å²) in [5.74, 6) is 1.11. The first-order chi connectivity index (χ1) is 13.0. The zero-order valence-corrected chi connectivity index (χ0v) is 15.8. The van der Waals surface area contributed by atoms with Gasteiger partial charge in [0, 0.05) is 6.08 Å². The third kappa shape index (κ3) is 4.03. The molecule has 4 nitrogen and oxygen atoms in total. The number of carbonyl (C=O) groups is 1. The van der Waals surface area contributed by atoms with Crippen molar-refractivity contribution in [2.24, 2.45) is 17.3 Å². The van der Waals surface area contributed by atoms with Gasteiger partial charge in [-0.05, 0) is 47.1 Å².